The maximum Gasteiger partial charge on any atom is -0.0163 e. The summed E-state index contributed by atoms with van der Waals surface area (Å²) in [5.74, 6) is 0. The molecule has 0 aliphatic heterocycles. The second kappa shape index (κ2) is 8.31. The summed E-state index contributed by atoms with van der Waals surface area (Å²) in [6.07, 6.45) is 26.0. The van der Waals surface area contributed by atoms with Crippen molar-refractivity contribution in [2.24, 2.45) is 0 Å². The Hall–Kier alpha value is -1.30. The van der Waals surface area contributed by atoms with E-state index in [1.165, 1.54) is 19.3 Å². The van der Waals surface area contributed by atoms with Crippen LogP contribution in [0.1, 0.15) is 25.7 Å². The Balaban J connectivity index is 2.45. The van der Waals surface area contributed by atoms with Crippen molar-refractivity contribution < 1.29 is 0 Å². The molecule has 0 saturated carbocycles. The summed E-state index contributed by atoms with van der Waals surface area (Å²) in [5, 5.41) is 0. The maximum atomic E-state index is 2.23. The van der Waals surface area contributed by atoms with Gasteiger partial charge in [-0.3, -0.25) is 0 Å². The van der Waals surface area contributed by atoms with Crippen molar-refractivity contribution in [1.29, 1.82) is 0 Å². The van der Waals surface area contributed by atoms with Gasteiger partial charge in [-0.1, -0.05) is 60.8 Å². The van der Waals surface area contributed by atoms with Crippen LogP contribution in [0.15, 0.2) is 60.8 Å². The van der Waals surface area contributed by atoms with Gasteiger partial charge in [0.2, 0.25) is 0 Å². The van der Waals surface area contributed by atoms with Crippen LogP contribution in [0.25, 0.3) is 0 Å². The lowest BCUT2D eigenvalue weighted by Gasteiger charge is -1.89. The number of allylic oxidation sites excluding steroid dienone is 10. The van der Waals surface area contributed by atoms with Gasteiger partial charge in [0.05, 0.1) is 0 Å². The van der Waals surface area contributed by atoms with Gasteiger partial charge in [-0.2, -0.15) is 0 Å². The molecule has 0 saturated heterocycles. The van der Waals surface area contributed by atoms with E-state index in [2.05, 4.69) is 60.8 Å². The molecule has 14 heavy (non-hydrogen) atoms. The molecule has 0 fully saturated rings. The van der Waals surface area contributed by atoms with Gasteiger partial charge in [0.15, 0.2) is 0 Å². The first-order valence-corrected chi connectivity index (χ1v) is 5.30. The van der Waals surface area contributed by atoms with Crippen LogP contribution in [0.5, 0.6) is 0 Å². The molecule has 0 atom stereocenters. The van der Waals surface area contributed by atoms with E-state index in [1.54, 1.807) is 0 Å². The molecule has 0 nitrogen and oxygen atoms in total. The van der Waals surface area contributed by atoms with Crippen LogP contribution in [0, 0.1) is 0 Å². The van der Waals surface area contributed by atoms with E-state index in [9.17, 15) is 0 Å². The van der Waals surface area contributed by atoms with Crippen molar-refractivity contribution in [3.05, 3.63) is 60.8 Å². The van der Waals surface area contributed by atoms with Crippen LogP contribution >= 0.6 is 0 Å². The highest BCUT2D eigenvalue weighted by Gasteiger charge is 1.79. The Labute approximate surface area is 87.0 Å². The van der Waals surface area contributed by atoms with Gasteiger partial charge in [0.1, 0.15) is 0 Å². The van der Waals surface area contributed by atoms with Crippen molar-refractivity contribution >= 4 is 0 Å². The van der Waals surface area contributed by atoms with Crippen molar-refractivity contribution in [2.75, 3.05) is 0 Å². The third-order valence-corrected chi connectivity index (χ3v) is 2.00. The Morgan fingerprint density at radius 2 is 1.00 bits per heavy atom. The average Bonchev–Trinajstić information content (AvgIpc) is 2.22. The SMILES string of the molecule is C1=CC/C=C\C=C\CCC/C=C\C=C\1. The van der Waals surface area contributed by atoms with Gasteiger partial charge in [0.25, 0.3) is 0 Å². The van der Waals surface area contributed by atoms with E-state index >= 15 is 0 Å². The van der Waals surface area contributed by atoms with E-state index in [0.29, 0.717) is 0 Å². The molecule has 0 spiro atoms. The Kier molecular flexibility index (Phi) is 6.39. The summed E-state index contributed by atoms with van der Waals surface area (Å²) in [7, 11) is 0. The highest BCUT2D eigenvalue weighted by molar-refractivity contribution is 5.13. The van der Waals surface area contributed by atoms with Crippen LogP contribution in [0.2, 0.25) is 0 Å². The lowest BCUT2D eigenvalue weighted by atomic mass is 10.2. The highest BCUT2D eigenvalue weighted by Crippen LogP contribution is 1.99. The quantitative estimate of drug-likeness (QED) is 0.528. The molecule has 74 valence electrons. The largest absolute Gasteiger partial charge is 0.0845 e. The zero-order valence-corrected chi connectivity index (χ0v) is 8.60. The van der Waals surface area contributed by atoms with E-state index in [0.717, 1.165) is 6.42 Å². The monoisotopic (exact) mass is 186 g/mol. The fraction of sp³-hybridized carbons (Fsp3) is 0.286. The van der Waals surface area contributed by atoms with Crippen molar-refractivity contribution in [3.8, 4) is 0 Å². The summed E-state index contributed by atoms with van der Waals surface area (Å²) in [5.41, 5.74) is 0. The predicted molar refractivity (Wildman–Crippen MR) is 64.2 cm³/mol. The first-order valence-electron chi connectivity index (χ1n) is 5.30. The van der Waals surface area contributed by atoms with Crippen LogP contribution < -0.4 is 0 Å². The smallest absolute Gasteiger partial charge is 0.0163 e. The fourth-order valence-corrected chi connectivity index (χ4v) is 1.22. The molecule has 0 unspecified atom stereocenters. The van der Waals surface area contributed by atoms with Gasteiger partial charge in [-0.25, -0.2) is 0 Å². The average molecular weight is 186 g/mol. The molecule has 1 rings (SSSR count). The van der Waals surface area contributed by atoms with Crippen LogP contribution in [-0.2, 0) is 0 Å². The predicted octanol–water partition coefficient (Wildman–Crippen LogP) is 4.34. The molecule has 0 aromatic rings. The first kappa shape index (κ1) is 10.8. The zero-order valence-electron chi connectivity index (χ0n) is 8.60. The van der Waals surface area contributed by atoms with Crippen LogP contribution in [0.3, 0.4) is 0 Å². The zero-order chi connectivity index (χ0) is 9.90. The van der Waals surface area contributed by atoms with Gasteiger partial charge in [-0.05, 0) is 25.7 Å². The molecule has 0 bridgehead atoms. The summed E-state index contributed by atoms with van der Waals surface area (Å²) < 4.78 is 0. The molecule has 0 heterocycles. The van der Waals surface area contributed by atoms with E-state index < -0.39 is 0 Å². The molecule has 0 aromatic carbocycles. The second-order valence-electron chi connectivity index (χ2n) is 3.26. The van der Waals surface area contributed by atoms with Gasteiger partial charge in [0, 0.05) is 0 Å². The van der Waals surface area contributed by atoms with E-state index in [-0.39, 0.29) is 0 Å². The maximum absolute atomic E-state index is 2.23. The summed E-state index contributed by atoms with van der Waals surface area (Å²) in [4.78, 5) is 0. The molecular formula is C14H18. The Morgan fingerprint density at radius 1 is 0.500 bits per heavy atom. The van der Waals surface area contributed by atoms with E-state index in [4.69, 9.17) is 0 Å². The summed E-state index contributed by atoms with van der Waals surface area (Å²) >= 11 is 0. The Morgan fingerprint density at radius 3 is 1.71 bits per heavy atom. The van der Waals surface area contributed by atoms with Crippen molar-refractivity contribution in [2.45, 2.75) is 25.7 Å². The molecule has 1 aliphatic rings. The molecule has 0 radical (unpaired) electrons. The van der Waals surface area contributed by atoms with Crippen molar-refractivity contribution in [1.82, 2.24) is 0 Å². The lowest BCUT2D eigenvalue weighted by Crippen LogP contribution is -1.68. The van der Waals surface area contributed by atoms with Crippen LogP contribution in [0.4, 0.5) is 0 Å². The lowest BCUT2D eigenvalue weighted by molar-refractivity contribution is 0.868. The molecule has 0 amide bonds. The number of hydrogen-bond donors (Lipinski definition) is 0. The minimum atomic E-state index is 1.01. The van der Waals surface area contributed by atoms with Crippen LogP contribution in [-0.4, -0.2) is 0 Å². The van der Waals surface area contributed by atoms with Gasteiger partial charge < -0.3 is 0 Å². The molecule has 0 N–H and O–H groups in total. The fourth-order valence-electron chi connectivity index (χ4n) is 1.22. The summed E-state index contributed by atoms with van der Waals surface area (Å²) in [6.45, 7) is 0. The minimum Gasteiger partial charge on any atom is -0.0845 e. The standard InChI is InChI=1S/C14H18/c1-2-4-6-8-10-12-14-13-11-9-7-5-3-1/h1-6,9,11,13-14H,7-8,10,12H2/b2-1+,5-3?,6-4-,11-9-,14-13+. The molecule has 1 aliphatic carbocycles. The number of rotatable bonds is 0. The molecular weight excluding hydrogens is 168 g/mol. The topological polar surface area (TPSA) is 0 Å². The molecule has 0 heteroatoms. The first-order chi connectivity index (χ1) is 7.00. The molecule has 0 aromatic heterocycles. The van der Waals surface area contributed by atoms with E-state index in [1.807, 2.05) is 0 Å². The highest BCUT2D eigenvalue weighted by atomic mass is 13.9. The number of hydrogen-bond acceptors (Lipinski definition) is 0. The second-order valence-corrected chi connectivity index (χ2v) is 3.26. The summed E-state index contributed by atoms with van der Waals surface area (Å²) in [6, 6.07) is 0. The minimum absolute atomic E-state index is 1.01. The third-order valence-electron chi connectivity index (χ3n) is 2.00. The van der Waals surface area contributed by atoms with Crippen molar-refractivity contribution in [3.63, 3.8) is 0 Å². The van der Waals surface area contributed by atoms with Gasteiger partial charge in [-0.15, -0.1) is 0 Å². The third kappa shape index (κ3) is 6.24. The Bertz CT molecular complexity index is 262. The van der Waals surface area contributed by atoms with Gasteiger partial charge >= 0.3 is 0 Å². The normalized spacial score (nSPS) is 27.4.